The molecule has 5 heteroatoms. The van der Waals surface area contributed by atoms with E-state index in [-0.39, 0.29) is 11.6 Å². The van der Waals surface area contributed by atoms with Gasteiger partial charge in [0.15, 0.2) is 0 Å². The molecular formula is C10H11N3O2. The smallest absolute Gasteiger partial charge is 0.335 e. The minimum atomic E-state index is -0.622. The molecule has 0 aliphatic carbocycles. The van der Waals surface area contributed by atoms with Crippen LogP contribution in [0.5, 0.6) is 5.75 Å². The van der Waals surface area contributed by atoms with E-state index in [1.165, 1.54) is 12.1 Å². The lowest BCUT2D eigenvalue weighted by molar-refractivity contribution is -0.128. The highest BCUT2D eigenvalue weighted by molar-refractivity contribution is 5.99. The summed E-state index contributed by atoms with van der Waals surface area (Å²) in [6.07, 6.45) is 1.02. The third-order valence-corrected chi connectivity index (χ3v) is 1.67. The summed E-state index contributed by atoms with van der Waals surface area (Å²) < 4.78 is 4.88. The van der Waals surface area contributed by atoms with E-state index >= 15 is 0 Å². The molecule has 5 nitrogen and oxygen atoms in total. The second-order valence-electron chi connectivity index (χ2n) is 2.79. The van der Waals surface area contributed by atoms with Gasteiger partial charge < -0.3 is 16.2 Å². The molecular weight excluding hydrogens is 194 g/mol. The SMILES string of the molecule is C=CC(=O)Oc1cc(N)ccc1C(=N)N. The fourth-order valence-corrected chi connectivity index (χ4v) is 0.996. The molecule has 0 saturated carbocycles. The van der Waals surface area contributed by atoms with Gasteiger partial charge in [0.2, 0.25) is 0 Å². The van der Waals surface area contributed by atoms with E-state index in [1.54, 1.807) is 6.07 Å². The molecule has 0 spiro atoms. The van der Waals surface area contributed by atoms with Crippen LogP contribution in [0.3, 0.4) is 0 Å². The third-order valence-electron chi connectivity index (χ3n) is 1.67. The van der Waals surface area contributed by atoms with Gasteiger partial charge in [0.1, 0.15) is 11.6 Å². The standard InChI is InChI=1S/C10H11N3O2/c1-2-9(14)15-8-5-6(11)3-4-7(8)10(12)13/h2-5H,1,11H2,(H3,12,13). The number of hydrogen-bond donors (Lipinski definition) is 3. The quantitative estimate of drug-likeness (QED) is 0.168. The number of anilines is 1. The summed E-state index contributed by atoms with van der Waals surface area (Å²) in [5.74, 6) is -0.655. The molecule has 0 amide bonds. The van der Waals surface area contributed by atoms with Crippen molar-refractivity contribution in [2.75, 3.05) is 5.73 Å². The predicted molar refractivity (Wildman–Crippen MR) is 57.7 cm³/mol. The van der Waals surface area contributed by atoms with Crippen molar-refractivity contribution in [3.8, 4) is 5.75 Å². The molecule has 0 saturated heterocycles. The van der Waals surface area contributed by atoms with Crippen LogP contribution >= 0.6 is 0 Å². The van der Waals surface area contributed by atoms with Crippen molar-refractivity contribution in [3.63, 3.8) is 0 Å². The molecule has 0 atom stereocenters. The molecule has 0 aliphatic rings. The summed E-state index contributed by atoms with van der Waals surface area (Å²) >= 11 is 0. The number of carbonyl (C=O) groups is 1. The average molecular weight is 205 g/mol. The zero-order valence-electron chi connectivity index (χ0n) is 7.99. The molecule has 0 aromatic heterocycles. The molecule has 0 fully saturated rings. The van der Waals surface area contributed by atoms with Crippen molar-refractivity contribution in [2.24, 2.45) is 5.73 Å². The van der Waals surface area contributed by atoms with Gasteiger partial charge in [-0.25, -0.2) is 4.79 Å². The number of amidine groups is 1. The summed E-state index contributed by atoms with van der Waals surface area (Å²) in [7, 11) is 0. The Labute approximate surface area is 86.8 Å². The lowest BCUT2D eigenvalue weighted by atomic mass is 10.1. The molecule has 0 aliphatic heterocycles. The normalized spacial score (nSPS) is 9.33. The van der Waals surface area contributed by atoms with Crippen LogP contribution in [0.1, 0.15) is 5.56 Å². The third kappa shape index (κ3) is 2.57. The number of ether oxygens (including phenoxy) is 1. The Morgan fingerprint density at radius 2 is 2.20 bits per heavy atom. The van der Waals surface area contributed by atoms with Crippen LogP contribution in [0.25, 0.3) is 0 Å². The topological polar surface area (TPSA) is 102 Å². The first-order valence-electron chi connectivity index (χ1n) is 4.12. The van der Waals surface area contributed by atoms with E-state index in [2.05, 4.69) is 6.58 Å². The van der Waals surface area contributed by atoms with Crippen LogP contribution in [0.4, 0.5) is 5.69 Å². The maximum absolute atomic E-state index is 11.0. The summed E-state index contributed by atoms with van der Waals surface area (Å²) in [5, 5.41) is 7.27. The molecule has 1 aromatic rings. The average Bonchev–Trinajstić information content (AvgIpc) is 2.17. The molecule has 0 bridgehead atoms. The second kappa shape index (κ2) is 4.28. The lowest BCUT2D eigenvalue weighted by Gasteiger charge is -2.08. The van der Waals surface area contributed by atoms with Gasteiger partial charge >= 0.3 is 5.97 Å². The van der Waals surface area contributed by atoms with Gasteiger partial charge in [-0.1, -0.05) is 6.58 Å². The largest absolute Gasteiger partial charge is 0.423 e. The second-order valence-corrected chi connectivity index (χ2v) is 2.79. The Balaban J connectivity index is 3.12. The number of benzene rings is 1. The molecule has 1 aromatic carbocycles. The molecule has 0 radical (unpaired) electrons. The number of nitrogens with two attached hydrogens (primary N) is 2. The van der Waals surface area contributed by atoms with E-state index in [0.717, 1.165) is 6.08 Å². The maximum atomic E-state index is 11.0. The summed E-state index contributed by atoms with van der Waals surface area (Å²) in [6, 6.07) is 4.52. The van der Waals surface area contributed by atoms with Gasteiger partial charge in [0.25, 0.3) is 0 Å². The van der Waals surface area contributed by atoms with Gasteiger partial charge in [0.05, 0.1) is 5.56 Å². The number of carbonyl (C=O) groups excluding carboxylic acids is 1. The maximum Gasteiger partial charge on any atom is 0.335 e. The molecule has 0 unspecified atom stereocenters. The molecule has 15 heavy (non-hydrogen) atoms. The van der Waals surface area contributed by atoms with Crippen LogP contribution in [0, 0.1) is 5.41 Å². The van der Waals surface area contributed by atoms with Crippen molar-refractivity contribution >= 4 is 17.5 Å². The number of nitrogens with one attached hydrogen (secondary N) is 1. The summed E-state index contributed by atoms with van der Waals surface area (Å²) in [4.78, 5) is 11.0. The molecule has 0 heterocycles. The number of hydrogen-bond acceptors (Lipinski definition) is 4. The zero-order valence-corrected chi connectivity index (χ0v) is 7.99. The Morgan fingerprint density at radius 1 is 1.53 bits per heavy atom. The zero-order chi connectivity index (χ0) is 11.4. The van der Waals surface area contributed by atoms with Crippen molar-refractivity contribution in [2.45, 2.75) is 0 Å². The fraction of sp³-hybridized carbons (Fsp3) is 0. The van der Waals surface area contributed by atoms with Crippen LogP contribution in [-0.4, -0.2) is 11.8 Å². The van der Waals surface area contributed by atoms with Crippen LogP contribution < -0.4 is 16.2 Å². The minimum Gasteiger partial charge on any atom is -0.423 e. The fourth-order valence-electron chi connectivity index (χ4n) is 0.996. The highest BCUT2D eigenvalue weighted by atomic mass is 16.5. The van der Waals surface area contributed by atoms with Crippen molar-refractivity contribution < 1.29 is 9.53 Å². The minimum absolute atomic E-state index is 0.160. The van der Waals surface area contributed by atoms with E-state index in [9.17, 15) is 4.79 Å². The number of nitrogen functional groups attached to an aromatic ring is 2. The summed E-state index contributed by atoms with van der Waals surface area (Å²) in [6.45, 7) is 3.26. The van der Waals surface area contributed by atoms with E-state index in [1.807, 2.05) is 0 Å². The monoisotopic (exact) mass is 205 g/mol. The Morgan fingerprint density at radius 3 is 2.73 bits per heavy atom. The van der Waals surface area contributed by atoms with Gasteiger partial charge in [0, 0.05) is 17.8 Å². The first-order chi connectivity index (χ1) is 7.04. The Hall–Kier alpha value is -2.30. The highest BCUT2D eigenvalue weighted by Gasteiger charge is 2.09. The number of rotatable bonds is 3. The molecule has 78 valence electrons. The van der Waals surface area contributed by atoms with E-state index in [4.69, 9.17) is 21.6 Å². The molecule has 1 rings (SSSR count). The van der Waals surface area contributed by atoms with Crippen LogP contribution in [0.15, 0.2) is 30.9 Å². The van der Waals surface area contributed by atoms with Gasteiger partial charge in [-0.05, 0) is 12.1 Å². The Bertz CT molecular complexity index is 427. The highest BCUT2D eigenvalue weighted by Crippen LogP contribution is 2.21. The van der Waals surface area contributed by atoms with Gasteiger partial charge in [-0.15, -0.1) is 0 Å². The van der Waals surface area contributed by atoms with E-state index < -0.39 is 5.97 Å². The van der Waals surface area contributed by atoms with Gasteiger partial charge in [-0.3, -0.25) is 5.41 Å². The Kier molecular flexibility index (Phi) is 3.07. The van der Waals surface area contributed by atoms with E-state index in [0.29, 0.717) is 11.3 Å². The van der Waals surface area contributed by atoms with Crippen molar-refractivity contribution in [1.29, 1.82) is 5.41 Å². The number of esters is 1. The first-order valence-corrected chi connectivity index (χ1v) is 4.12. The lowest BCUT2D eigenvalue weighted by Crippen LogP contribution is -2.15. The van der Waals surface area contributed by atoms with Crippen molar-refractivity contribution in [1.82, 2.24) is 0 Å². The van der Waals surface area contributed by atoms with Crippen LogP contribution in [-0.2, 0) is 4.79 Å². The van der Waals surface area contributed by atoms with Gasteiger partial charge in [-0.2, -0.15) is 0 Å². The van der Waals surface area contributed by atoms with Crippen molar-refractivity contribution in [3.05, 3.63) is 36.4 Å². The molecule has 5 N–H and O–H groups in total. The first kappa shape index (κ1) is 10.8. The summed E-state index contributed by atoms with van der Waals surface area (Å²) in [5.41, 5.74) is 11.6. The predicted octanol–water partition coefficient (Wildman–Crippen LogP) is 0.644. The van der Waals surface area contributed by atoms with Crippen LogP contribution in [0.2, 0.25) is 0 Å².